The Kier molecular flexibility index (Phi) is 3.93. The third kappa shape index (κ3) is 2.74. The van der Waals surface area contributed by atoms with Crippen LogP contribution >= 0.6 is 11.8 Å². The second-order valence-electron chi connectivity index (χ2n) is 4.16. The molecule has 1 aliphatic heterocycles. The highest BCUT2D eigenvalue weighted by molar-refractivity contribution is 7.99. The zero-order chi connectivity index (χ0) is 12.3. The third-order valence-corrected chi connectivity index (χ3v) is 3.90. The van der Waals surface area contributed by atoms with Crippen LogP contribution in [0.1, 0.15) is 24.2 Å². The summed E-state index contributed by atoms with van der Waals surface area (Å²) in [5.41, 5.74) is 2.58. The second kappa shape index (κ2) is 5.44. The molecule has 1 N–H and O–H groups in total. The summed E-state index contributed by atoms with van der Waals surface area (Å²) in [6.07, 6.45) is -0.493. The predicted molar refractivity (Wildman–Crippen MR) is 71.3 cm³/mol. The predicted octanol–water partition coefficient (Wildman–Crippen LogP) is 2.16. The Bertz CT molecular complexity index is 434. The largest absolute Gasteiger partial charge is 0.389 e. The van der Waals surface area contributed by atoms with E-state index in [1.807, 2.05) is 23.9 Å². The molecule has 4 heteroatoms. The summed E-state index contributed by atoms with van der Waals surface area (Å²) in [7, 11) is 0. The average molecular weight is 248 g/mol. The lowest BCUT2D eigenvalue weighted by Crippen LogP contribution is -2.33. The van der Waals surface area contributed by atoms with E-state index < -0.39 is 6.10 Å². The highest BCUT2D eigenvalue weighted by atomic mass is 32.2. The first kappa shape index (κ1) is 12.3. The van der Waals surface area contributed by atoms with Gasteiger partial charge in [-0.15, -0.1) is 0 Å². The van der Waals surface area contributed by atoms with Gasteiger partial charge in [0.25, 0.3) is 0 Å². The molecule has 0 spiro atoms. The molecule has 3 nitrogen and oxygen atoms in total. The van der Waals surface area contributed by atoms with Crippen molar-refractivity contribution < 1.29 is 5.11 Å². The number of rotatable bonds is 2. The molecular weight excluding hydrogens is 232 g/mol. The van der Waals surface area contributed by atoms with Crippen molar-refractivity contribution in [2.45, 2.75) is 13.0 Å². The van der Waals surface area contributed by atoms with Crippen molar-refractivity contribution in [2.75, 3.05) is 29.5 Å². The molecule has 17 heavy (non-hydrogen) atoms. The Morgan fingerprint density at radius 1 is 1.41 bits per heavy atom. The zero-order valence-electron chi connectivity index (χ0n) is 9.89. The first-order chi connectivity index (χ1) is 8.22. The van der Waals surface area contributed by atoms with Gasteiger partial charge in [0.05, 0.1) is 17.7 Å². The first-order valence-corrected chi connectivity index (χ1v) is 6.92. The Morgan fingerprint density at radius 2 is 2.12 bits per heavy atom. The molecule has 1 saturated heterocycles. The monoisotopic (exact) mass is 248 g/mol. The van der Waals surface area contributed by atoms with Gasteiger partial charge in [0.2, 0.25) is 0 Å². The summed E-state index contributed by atoms with van der Waals surface area (Å²) < 4.78 is 0. The van der Waals surface area contributed by atoms with Gasteiger partial charge >= 0.3 is 0 Å². The van der Waals surface area contributed by atoms with Gasteiger partial charge in [-0.05, 0) is 19.1 Å². The van der Waals surface area contributed by atoms with Gasteiger partial charge in [0.1, 0.15) is 0 Å². The number of aliphatic hydroxyl groups is 1. The van der Waals surface area contributed by atoms with E-state index in [0.29, 0.717) is 5.56 Å². The topological polar surface area (TPSA) is 47.3 Å². The van der Waals surface area contributed by atoms with Crippen molar-refractivity contribution in [3.8, 4) is 6.07 Å². The molecule has 1 aliphatic rings. The van der Waals surface area contributed by atoms with Crippen molar-refractivity contribution in [2.24, 2.45) is 0 Å². The lowest BCUT2D eigenvalue weighted by atomic mass is 10.0. The maximum absolute atomic E-state index is 9.78. The number of thioether (sulfide) groups is 1. The molecule has 1 heterocycles. The Hall–Kier alpha value is -1.18. The molecule has 0 aromatic heterocycles. The highest BCUT2D eigenvalue weighted by Crippen LogP contribution is 2.29. The van der Waals surface area contributed by atoms with E-state index in [2.05, 4.69) is 11.0 Å². The highest BCUT2D eigenvalue weighted by Gasteiger charge is 2.17. The molecule has 0 radical (unpaired) electrons. The van der Waals surface area contributed by atoms with Crippen LogP contribution in [0.4, 0.5) is 5.69 Å². The fraction of sp³-hybridized carbons (Fsp3) is 0.462. The molecule has 1 atom stereocenters. The molecule has 90 valence electrons. The number of aliphatic hydroxyl groups excluding tert-OH is 1. The smallest absolute Gasteiger partial charge is 0.0992 e. The summed E-state index contributed by atoms with van der Waals surface area (Å²) in [5, 5.41) is 18.7. The van der Waals surface area contributed by atoms with Crippen LogP contribution in [-0.4, -0.2) is 29.7 Å². The van der Waals surface area contributed by atoms with E-state index in [1.165, 1.54) is 0 Å². The number of nitrogens with zero attached hydrogens (tertiary/aromatic N) is 2. The minimum atomic E-state index is -0.493. The molecule has 0 unspecified atom stereocenters. The number of benzene rings is 1. The molecule has 0 amide bonds. The number of hydrogen-bond acceptors (Lipinski definition) is 4. The molecule has 2 rings (SSSR count). The van der Waals surface area contributed by atoms with Crippen LogP contribution in [0, 0.1) is 11.3 Å². The van der Waals surface area contributed by atoms with Crippen LogP contribution in [0.2, 0.25) is 0 Å². The fourth-order valence-corrected chi connectivity index (χ4v) is 2.95. The van der Waals surface area contributed by atoms with Crippen molar-refractivity contribution >= 4 is 17.4 Å². The van der Waals surface area contributed by atoms with Gasteiger partial charge in [0, 0.05) is 35.8 Å². The Labute approximate surface area is 106 Å². The SMILES string of the molecule is C[C@H](O)c1ccc(C#N)cc1N1CCSCC1. The van der Waals surface area contributed by atoms with E-state index in [4.69, 9.17) is 5.26 Å². The fourth-order valence-electron chi connectivity index (χ4n) is 2.04. The van der Waals surface area contributed by atoms with Gasteiger partial charge < -0.3 is 10.0 Å². The number of anilines is 1. The first-order valence-electron chi connectivity index (χ1n) is 5.77. The standard InChI is InChI=1S/C13H16N2OS/c1-10(16)12-3-2-11(9-14)8-13(12)15-4-6-17-7-5-15/h2-3,8,10,16H,4-7H2,1H3/t10-/m0/s1. The van der Waals surface area contributed by atoms with E-state index in [9.17, 15) is 5.11 Å². The summed E-state index contributed by atoms with van der Waals surface area (Å²) >= 11 is 1.95. The van der Waals surface area contributed by atoms with Gasteiger partial charge in [-0.1, -0.05) is 6.07 Å². The average Bonchev–Trinajstić information content (AvgIpc) is 2.39. The normalized spacial score (nSPS) is 17.6. The van der Waals surface area contributed by atoms with Crippen LogP contribution in [0.15, 0.2) is 18.2 Å². The molecule has 1 aromatic carbocycles. The third-order valence-electron chi connectivity index (χ3n) is 2.96. The van der Waals surface area contributed by atoms with Crippen LogP contribution in [-0.2, 0) is 0 Å². The zero-order valence-corrected chi connectivity index (χ0v) is 10.7. The number of nitriles is 1. The van der Waals surface area contributed by atoms with Crippen LogP contribution in [0.25, 0.3) is 0 Å². The maximum Gasteiger partial charge on any atom is 0.0992 e. The molecule has 0 aliphatic carbocycles. The molecular formula is C13H16N2OS. The second-order valence-corrected chi connectivity index (χ2v) is 5.39. The molecule has 1 aromatic rings. The van der Waals surface area contributed by atoms with Gasteiger partial charge in [-0.3, -0.25) is 0 Å². The minimum absolute atomic E-state index is 0.493. The van der Waals surface area contributed by atoms with Crippen molar-refractivity contribution in [3.05, 3.63) is 29.3 Å². The summed E-state index contributed by atoms with van der Waals surface area (Å²) in [4.78, 5) is 2.26. The maximum atomic E-state index is 9.78. The van der Waals surface area contributed by atoms with Crippen LogP contribution in [0.5, 0.6) is 0 Å². The van der Waals surface area contributed by atoms with E-state index in [1.54, 1.807) is 13.0 Å². The summed E-state index contributed by atoms with van der Waals surface area (Å²) in [5.74, 6) is 2.21. The van der Waals surface area contributed by atoms with Gasteiger partial charge in [-0.25, -0.2) is 0 Å². The van der Waals surface area contributed by atoms with Gasteiger partial charge in [-0.2, -0.15) is 17.0 Å². The Balaban J connectivity index is 2.37. The lowest BCUT2D eigenvalue weighted by molar-refractivity contribution is 0.199. The minimum Gasteiger partial charge on any atom is -0.389 e. The molecule has 1 fully saturated rings. The van der Waals surface area contributed by atoms with E-state index in [0.717, 1.165) is 35.8 Å². The summed E-state index contributed by atoms with van der Waals surface area (Å²) in [6, 6.07) is 7.68. The van der Waals surface area contributed by atoms with Crippen molar-refractivity contribution in [1.82, 2.24) is 0 Å². The molecule has 0 bridgehead atoms. The molecule has 0 saturated carbocycles. The van der Waals surface area contributed by atoms with E-state index in [-0.39, 0.29) is 0 Å². The summed E-state index contributed by atoms with van der Waals surface area (Å²) in [6.45, 7) is 3.74. The number of hydrogen-bond donors (Lipinski definition) is 1. The van der Waals surface area contributed by atoms with Crippen LogP contribution < -0.4 is 4.90 Å². The van der Waals surface area contributed by atoms with Crippen LogP contribution in [0.3, 0.4) is 0 Å². The lowest BCUT2D eigenvalue weighted by Gasteiger charge is -2.31. The van der Waals surface area contributed by atoms with Gasteiger partial charge in [0.15, 0.2) is 0 Å². The van der Waals surface area contributed by atoms with Crippen molar-refractivity contribution in [3.63, 3.8) is 0 Å². The quantitative estimate of drug-likeness (QED) is 0.871. The Morgan fingerprint density at radius 3 is 2.71 bits per heavy atom. The van der Waals surface area contributed by atoms with E-state index >= 15 is 0 Å². The van der Waals surface area contributed by atoms with Crippen molar-refractivity contribution in [1.29, 1.82) is 5.26 Å².